The van der Waals surface area contributed by atoms with Crippen molar-refractivity contribution >= 4 is 33.0 Å². The fraction of sp³-hybridized carbons (Fsp3) is 0.238. The van der Waals surface area contributed by atoms with Gasteiger partial charge in [-0.25, -0.2) is 13.4 Å². The normalized spacial score (nSPS) is 11.4. The van der Waals surface area contributed by atoms with Crippen LogP contribution >= 0.6 is 11.6 Å². The Labute approximate surface area is 174 Å². The van der Waals surface area contributed by atoms with Crippen LogP contribution < -0.4 is 5.32 Å². The van der Waals surface area contributed by atoms with E-state index >= 15 is 0 Å². The third-order valence-corrected chi connectivity index (χ3v) is 6.18. The van der Waals surface area contributed by atoms with Crippen LogP contribution in [0.5, 0.6) is 0 Å². The summed E-state index contributed by atoms with van der Waals surface area (Å²) in [4.78, 5) is 16.5. The average molecular weight is 433 g/mol. The Morgan fingerprint density at radius 1 is 1.10 bits per heavy atom. The van der Waals surface area contributed by atoms with Crippen LogP contribution in [0.25, 0.3) is 11.5 Å². The third kappa shape index (κ3) is 5.46. The van der Waals surface area contributed by atoms with Gasteiger partial charge in [-0.05, 0) is 50.6 Å². The van der Waals surface area contributed by atoms with Gasteiger partial charge < -0.3 is 9.73 Å². The zero-order valence-electron chi connectivity index (χ0n) is 16.3. The molecule has 2 aromatic carbocycles. The van der Waals surface area contributed by atoms with Gasteiger partial charge in [0.05, 0.1) is 11.4 Å². The number of anilines is 1. The molecule has 0 aliphatic rings. The molecule has 0 radical (unpaired) electrons. The van der Waals surface area contributed by atoms with E-state index in [0.29, 0.717) is 28.1 Å². The summed E-state index contributed by atoms with van der Waals surface area (Å²) in [5.74, 6) is -0.910. The Balaban J connectivity index is 1.69. The molecule has 6 nitrogen and oxygen atoms in total. The minimum absolute atomic E-state index is 0.298. The van der Waals surface area contributed by atoms with Crippen LogP contribution in [0.3, 0.4) is 0 Å². The highest BCUT2D eigenvalue weighted by Gasteiger charge is 2.22. The molecule has 0 unspecified atom stereocenters. The summed E-state index contributed by atoms with van der Waals surface area (Å²) in [6.45, 7) is 5.46. The average Bonchev–Trinajstić information content (AvgIpc) is 2.98. The van der Waals surface area contributed by atoms with Gasteiger partial charge in [-0.3, -0.25) is 4.79 Å². The number of benzene rings is 2. The standard InChI is InChI=1S/C21H21ClN2O4S/c1-13-4-7-16(8-5-13)21-24-19(15(3)28-21)11-29(26,27)12-20(25)23-17-9-6-14(2)18(22)10-17/h4-10H,11-12H2,1-3H3,(H,23,25). The van der Waals surface area contributed by atoms with Crippen molar-refractivity contribution in [3.05, 3.63) is 70.1 Å². The summed E-state index contributed by atoms with van der Waals surface area (Å²) in [5, 5.41) is 3.05. The van der Waals surface area contributed by atoms with E-state index in [1.54, 1.807) is 25.1 Å². The lowest BCUT2D eigenvalue weighted by Crippen LogP contribution is -2.24. The predicted molar refractivity (Wildman–Crippen MR) is 114 cm³/mol. The Kier molecular flexibility index (Phi) is 6.10. The minimum atomic E-state index is -3.74. The van der Waals surface area contributed by atoms with Crippen molar-refractivity contribution in [1.82, 2.24) is 4.98 Å². The molecular weight excluding hydrogens is 412 g/mol. The van der Waals surface area contributed by atoms with Gasteiger partial charge in [-0.15, -0.1) is 0 Å². The number of hydrogen-bond acceptors (Lipinski definition) is 5. The number of oxazole rings is 1. The molecule has 0 aliphatic carbocycles. The summed E-state index contributed by atoms with van der Waals surface area (Å²) < 4.78 is 30.6. The van der Waals surface area contributed by atoms with Gasteiger partial charge in [-0.2, -0.15) is 0 Å². The monoisotopic (exact) mass is 432 g/mol. The summed E-state index contributed by atoms with van der Waals surface area (Å²) in [6.07, 6.45) is 0. The van der Waals surface area contributed by atoms with Gasteiger partial charge in [0.15, 0.2) is 9.84 Å². The first-order valence-electron chi connectivity index (χ1n) is 8.93. The van der Waals surface area contributed by atoms with Crippen molar-refractivity contribution < 1.29 is 17.6 Å². The lowest BCUT2D eigenvalue weighted by atomic mass is 10.1. The van der Waals surface area contributed by atoms with Crippen molar-refractivity contribution in [1.29, 1.82) is 0 Å². The highest BCUT2D eigenvalue weighted by molar-refractivity contribution is 7.91. The molecule has 1 heterocycles. The minimum Gasteiger partial charge on any atom is -0.441 e. The Morgan fingerprint density at radius 3 is 2.45 bits per heavy atom. The van der Waals surface area contributed by atoms with Crippen LogP contribution in [0.2, 0.25) is 5.02 Å². The fourth-order valence-corrected chi connectivity index (χ4v) is 4.15. The van der Waals surface area contributed by atoms with Crippen LogP contribution in [0.15, 0.2) is 46.9 Å². The van der Waals surface area contributed by atoms with Crippen molar-refractivity contribution in [3.8, 4) is 11.5 Å². The summed E-state index contributed by atoms with van der Waals surface area (Å²) in [5.41, 5.74) is 3.46. The molecule has 0 aliphatic heterocycles. The molecule has 3 aromatic rings. The topological polar surface area (TPSA) is 89.3 Å². The van der Waals surface area contributed by atoms with E-state index in [0.717, 1.165) is 16.7 Å². The zero-order chi connectivity index (χ0) is 21.2. The second-order valence-corrected chi connectivity index (χ2v) is 9.40. The molecule has 29 heavy (non-hydrogen) atoms. The predicted octanol–water partition coefficient (Wildman–Crippen LogP) is 4.47. The molecule has 0 fully saturated rings. The first kappa shape index (κ1) is 21.1. The molecule has 0 saturated heterocycles. The van der Waals surface area contributed by atoms with E-state index < -0.39 is 21.5 Å². The van der Waals surface area contributed by atoms with Crippen molar-refractivity contribution in [2.75, 3.05) is 11.1 Å². The van der Waals surface area contributed by atoms with Crippen molar-refractivity contribution in [2.45, 2.75) is 26.5 Å². The van der Waals surface area contributed by atoms with Gasteiger partial charge in [0, 0.05) is 16.3 Å². The van der Waals surface area contributed by atoms with Crippen molar-refractivity contribution in [2.24, 2.45) is 0 Å². The third-order valence-electron chi connectivity index (χ3n) is 4.35. The summed E-state index contributed by atoms with van der Waals surface area (Å²) in [6, 6.07) is 12.6. The zero-order valence-corrected chi connectivity index (χ0v) is 17.9. The maximum absolute atomic E-state index is 12.5. The molecule has 0 bridgehead atoms. The number of aryl methyl sites for hydroxylation is 3. The van der Waals surface area contributed by atoms with E-state index in [-0.39, 0.29) is 5.75 Å². The summed E-state index contributed by atoms with van der Waals surface area (Å²) in [7, 11) is -3.74. The fourth-order valence-electron chi connectivity index (χ4n) is 2.71. The van der Waals surface area contributed by atoms with Gasteiger partial charge in [-0.1, -0.05) is 35.4 Å². The highest BCUT2D eigenvalue weighted by Crippen LogP contribution is 2.24. The smallest absolute Gasteiger partial charge is 0.239 e. The van der Waals surface area contributed by atoms with E-state index in [1.165, 1.54) is 0 Å². The molecular formula is C21H21ClN2O4S. The molecule has 0 saturated carbocycles. The van der Waals surface area contributed by atoms with E-state index in [1.807, 2.05) is 38.1 Å². The van der Waals surface area contributed by atoms with Crippen molar-refractivity contribution in [3.63, 3.8) is 0 Å². The SMILES string of the molecule is Cc1ccc(-c2nc(CS(=O)(=O)CC(=O)Nc3ccc(C)c(Cl)c3)c(C)o2)cc1. The van der Waals surface area contributed by atoms with Crippen LogP contribution in [0.4, 0.5) is 5.69 Å². The molecule has 0 spiro atoms. The number of aromatic nitrogens is 1. The molecule has 1 aromatic heterocycles. The number of carbonyl (C=O) groups excluding carboxylic acids is 1. The molecule has 1 amide bonds. The quantitative estimate of drug-likeness (QED) is 0.620. The second kappa shape index (κ2) is 8.39. The lowest BCUT2D eigenvalue weighted by molar-refractivity contribution is -0.113. The number of halogens is 1. The number of amides is 1. The Bertz CT molecular complexity index is 1150. The molecule has 152 valence electrons. The van der Waals surface area contributed by atoms with Gasteiger partial charge in [0.1, 0.15) is 11.5 Å². The lowest BCUT2D eigenvalue weighted by Gasteiger charge is -2.07. The number of sulfone groups is 1. The first-order chi connectivity index (χ1) is 13.6. The van der Waals surface area contributed by atoms with Crippen LogP contribution in [-0.2, 0) is 20.4 Å². The largest absolute Gasteiger partial charge is 0.441 e. The Hall–Kier alpha value is -2.64. The Morgan fingerprint density at radius 2 is 1.79 bits per heavy atom. The van der Waals surface area contributed by atoms with Crippen LogP contribution in [0.1, 0.15) is 22.6 Å². The number of hydrogen-bond donors (Lipinski definition) is 1. The summed E-state index contributed by atoms with van der Waals surface area (Å²) >= 11 is 6.03. The highest BCUT2D eigenvalue weighted by atomic mass is 35.5. The van der Waals surface area contributed by atoms with Gasteiger partial charge in [0.2, 0.25) is 11.8 Å². The van der Waals surface area contributed by atoms with Gasteiger partial charge in [0.25, 0.3) is 0 Å². The van der Waals surface area contributed by atoms with E-state index in [4.69, 9.17) is 16.0 Å². The van der Waals surface area contributed by atoms with E-state index in [2.05, 4.69) is 10.3 Å². The van der Waals surface area contributed by atoms with Gasteiger partial charge >= 0.3 is 0 Å². The number of nitrogens with one attached hydrogen (secondary N) is 1. The van der Waals surface area contributed by atoms with E-state index in [9.17, 15) is 13.2 Å². The molecule has 1 N–H and O–H groups in total. The second-order valence-electron chi connectivity index (χ2n) is 6.93. The van der Waals surface area contributed by atoms with Crippen LogP contribution in [0, 0.1) is 20.8 Å². The maximum atomic E-state index is 12.5. The maximum Gasteiger partial charge on any atom is 0.239 e. The number of rotatable bonds is 6. The number of carbonyl (C=O) groups is 1. The number of nitrogens with zero attached hydrogens (tertiary/aromatic N) is 1. The first-order valence-corrected chi connectivity index (χ1v) is 11.1. The van der Waals surface area contributed by atoms with Crippen LogP contribution in [-0.4, -0.2) is 25.1 Å². The molecule has 0 atom stereocenters. The molecule has 8 heteroatoms. The molecule has 3 rings (SSSR count).